The number of ether oxygens (including phenoxy) is 1. The minimum Gasteiger partial charge on any atom is -0.496 e. The topological polar surface area (TPSA) is 58.6 Å². The normalized spacial score (nSPS) is 22.6. The molecule has 0 spiro atoms. The third-order valence-corrected chi connectivity index (χ3v) is 3.61. The van der Waals surface area contributed by atoms with E-state index in [0.717, 1.165) is 11.3 Å². The number of benzene rings is 1. The van der Waals surface area contributed by atoms with Crippen molar-refractivity contribution in [2.75, 3.05) is 7.11 Å². The number of hydrogen-bond acceptors (Lipinski definition) is 3. The lowest BCUT2D eigenvalue weighted by Gasteiger charge is -2.37. The first kappa shape index (κ1) is 14.4. The van der Waals surface area contributed by atoms with Crippen LogP contribution in [0.25, 0.3) is 0 Å². The van der Waals surface area contributed by atoms with Crippen molar-refractivity contribution in [2.45, 2.75) is 38.9 Å². The zero-order valence-electron chi connectivity index (χ0n) is 12.1. The van der Waals surface area contributed by atoms with Crippen LogP contribution in [0.5, 0.6) is 5.75 Å². The molecule has 0 bridgehead atoms. The number of para-hydroxylation sites is 1. The SMILES string of the molecule is CCC1C(=O)NC(C)C(=O)N1Cc1ccccc1OC. The summed E-state index contributed by atoms with van der Waals surface area (Å²) in [5, 5.41) is 2.71. The number of carbonyl (C=O) groups excluding carboxylic acids is 2. The molecular formula is C15H20N2O3. The highest BCUT2D eigenvalue weighted by atomic mass is 16.5. The number of piperazine rings is 1. The summed E-state index contributed by atoms with van der Waals surface area (Å²) in [6.45, 7) is 4.00. The molecule has 1 heterocycles. The van der Waals surface area contributed by atoms with Gasteiger partial charge < -0.3 is 15.0 Å². The van der Waals surface area contributed by atoms with Crippen molar-refractivity contribution in [2.24, 2.45) is 0 Å². The molecule has 5 nitrogen and oxygen atoms in total. The van der Waals surface area contributed by atoms with Gasteiger partial charge in [0.25, 0.3) is 0 Å². The van der Waals surface area contributed by atoms with Gasteiger partial charge in [0.1, 0.15) is 17.8 Å². The molecule has 1 saturated heterocycles. The molecule has 1 aromatic rings. The Labute approximate surface area is 118 Å². The molecule has 1 aromatic carbocycles. The van der Waals surface area contributed by atoms with E-state index in [4.69, 9.17) is 4.74 Å². The lowest BCUT2D eigenvalue weighted by molar-refractivity contribution is -0.149. The van der Waals surface area contributed by atoms with Crippen molar-refractivity contribution >= 4 is 11.8 Å². The van der Waals surface area contributed by atoms with Gasteiger partial charge in [-0.05, 0) is 19.4 Å². The monoisotopic (exact) mass is 276 g/mol. The summed E-state index contributed by atoms with van der Waals surface area (Å²) >= 11 is 0. The fourth-order valence-electron chi connectivity index (χ4n) is 2.53. The average molecular weight is 276 g/mol. The van der Waals surface area contributed by atoms with Gasteiger partial charge in [0, 0.05) is 5.56 Å². The predicted molar refractivity (Wildman–Crippen MR) is 75.2 cm³/mol. The molecule has 2 amide bonds. The lowest BCUT2D eigenvalue weighted by atomic mass is 10.0. The first-order chi connectivity index (χ1) is 9.58. The molecule has 1 aliphatic rings. The molecular weight excluding hydrogens is 256 g/mol. The van der Waals surface area contributed by atoms with Gasteiger partial charge >= 0.3 is 0 Å². The van der Waals surface area contributed by atoms with E-state index in [0.29, 0.717) is 13.0 Å². The second kappa shape index (κ2) is 5.94. The van der Waals surface area contributed by atoms with Crippen molar-refractivity contribution in [3.8, 4) is 5.75 Å². The van der Waals surface area contributed by atoms with Crippen LogP contribution in [-0.4, -0.2) is 35.9 Å². The van der Waals surface area contributed by atoms with Gasteiger partial charge in [0.05, 0.1) is 13.7 Å². The summed E-state index contributed by atoms with van der Waals surface area (Å²) in [5.41, 5.74) is 0.906. The Morgan fingerprint density at radius 1 is 1.30 bits per heavy atom. The zero-order chi connectivity index (χ0) is 14.7. The van der Waals surface area contributed by atoms with Crippen LogP contribution in [0.2, 0.25) is 0 Å². The Morgan fingerprint density at radius 2 is 2.00 bits per heavy atom. The summed E-state index contributed by atoms with van der Waals surface area (Å²) in [5.74, 6) is 0.589. The van der Waals surface area contributed by atoms with Crippen molar-refractivity contribution in [3.05, 3.63) is 29.8 Å². The maximum Gasteiger partial charge on any atom is 0.245 e. The maximum absolute atomic E-state index is 12.3. The minimum absolute atomic E-state index is 0.0534. The Balaban J connectivity index is 2.28. The van der Waals surface area contributed by atoms with E-state index in [1.807, 2.05) is 31.2 Å². The van der Waals surface area contributed by atoms with Crippen LogP contribution in [0.15, 0.2) is 24.3 Å². The number of methoxy groups -OCH3 is 1. The minimum atomic E-state index is -0.472. The summed E-state index contributed by atoms with van der Waals surface area (Å²) < 4.78 is 5.31. The zero-order valence-corrected chi connectivity index (χ0v) is 12.1. The second-order valence-corrected chi connectivity index (χ2v) is 4.93. The molecule has 0 saturated carbocycles. The number of amides is 2. The third kappa shape index (κ3) is 2.61. The van der Waals surface area contributed by atoms with Gasteiger partial charge in [-0.2, -0.15) is 0 Å². The van der Waals surface area contributed by atoms with E-state index >= 15 is 0 Å². The summed E-state index contributed by atoms with van der Waals surface area (Å²) in [6, 6.07) is 6.66. The van der Waals surface area contributed by atoms with E-state index in [2.05, 4.69) is 5.32 Å². The van der Waals surface area contributed by atoms with Gasteiger partial charge in [-0.1, -0.05) is 25.1 Å². The second-order valence-electron chi connectivity index (χ2n) is 4.93. The summed E-state index contributed by atoms with van der Waals surface area (Å²) in [7, 11) is 1.60. The van der Waals surface area contributed by atoms with Crippen LogP contribution in [0, 0.1) is 0 Å². The molecule has 108 valence electrons. The summed E-state index contributed by atoms with van der Waals surface area (Å²) in [6.07, 6.45) is 0.597. The Bertz CT molecular complexity index is 516. The molecule has 1 aliphatic heterocycles. The van der Waals surface area contributed by atoms with Crippen molar-refractivity contribution < 1.29 is 14.3 Å². The molecule has 0 aromatic heterocycles. The van der Waals surface area contributed by atoms with Gasteiger partial charge in [-0.25, -0.2) is 0 Å². The molecule has 2 rings (SSSR count). The van der Waals surface area contributed by atoms with E-state index in [-0.39, 0.29) is 11.8 Å². The van der Waals surface area contributed by atoms with Gasteiger partial charge in [0.2, 0.25) is 11.8 Å². The first-order valence-electron chi connectivity index (χ1n) is 6.81. The van der Waals surface area contributed by atoms with Crippen LogP contribution in [0.4, 0.5) is 0 Å². The molecule has 1 fully saturated rings. The van der Waals surface area contributed by atoms with Crippen LogP contribution in [0.3, 0.4) is 0 Å². The molecule has 2 unspecified atom stereocenters. The largest absolute Gasteiger partial charge is 0.496 e. The van der Waals surface area contributed by atoms with Gasteiger partial charge in [0.15, 0.2) is 0 Å². The van der Waals surface area contributed by atoms with Gasteiger partial charge in [-0.15, -0.1) is 0 Å². The number of hydrogen-bond donors (Lipinski definition) is 1. The maximum atomic E-state index is 12.3. The Morgan fingerprint density at radius 3 is 2.65 bits per heavy atom. The molecule has 5 heteroatoms. The predicted octanol–water partition coefficient (Wildman–Crippen LogP) is 1.32. The van der Waals surface area contributed by atoms with E-state index in [9.17, 15) is 9.59 Å². The van der Waals surface area contributed by atoms with E-state index < -0.39 is 12.1 Å². The van der Waals surface area contributed by atoms with Crippen LogP contribution in [0.1, 0.15) is 25.8 Å². The van der Waals surface area contributed by atoms with Crippen LogP contribution in [-0.2, 0) is 16.1 Å². The lowest BCUT2D eigenvalue weighted by Crippen LogP contribution is -2.61. The van der Waals surface area contributed by atoms with Crippen molar-refractivity contribution in [3.63, 3.8) is 0 Å². The van der Waals surface area contributed by atoms with Crippen molar-refractivity contribution in [1.29, 1.82) is 0 Å². The highest BCUT2D eigenvalue weighted by Gasteiger charge is 2.37. The fourth-order valence-corrected chi connectivity index (χ4v) is 2.53. The number of nitrogens with one attached hydrogen (secondary N) is 1. The Hall–Kier alpha value is -2.04. The van der Waals surface area contributed by atoms with Crippen LogP contribution < -0.4 is 10.1 Å². The third-order valence-electron chi connectivity index (χ3n) is 3.61. The van der Waals surface area contributed by atoms with E-state index in [1.165, 1.54) is 0 Å². The first-order valence-corrected chi connectivity index (χ1v) is 6.81. The van der Waals surface area contributed by atoms with Crippen LogP contribution >= 0.6 is 0 Å². The molecule has 1 N–H and O–H groups in total. The fraction of sp³-hybridized carbons (Fsp3) is 0.467. The van der Waals surface area contributed by atoms with E-state index in [1.54, 1.807) is 18.9 Å². The smallest absolute Gasteiger partial charge is 0.245 e. The quantitative estimate of drug-likeness (QED) is 0.902. The highest BCUT2D eigenvalue weighted by molar-refractivity contribution is 5.96. The summed E-state index contributed by atoms with van der Waals surface area (Å²) in [4.78, 5) is 26.0. The molecule has 2 atom stereocenters. The average Bonchev–Trinajstić information content (AvgIpc) is 2.45. The number of rotatable bonds is 4. The van der Waals surface area contributed by atoms with Gasteiger partial charge in [-0.3, -0.25) is 9.59 Å². The van der Waals surface area contributed by atoms with Crippen molar-refractivity contribution in [1.82, 2.24) is 10.2 Å². The molecule has 20 heavy (non-hydrogen) atoms. The molecule has 0 aliphatic carbocycles. The highest BCUT2D eigenvalue weighted by Crippen LogP contribution is 2.23. The molecule has 0 radical (unpaired) electrons. The standard InChI is InChI=1S/C15H20N2O3/c1-4-12-14(18)16-10(2)15(19)17(12)9-11-7-5-6-8-13(11)20-3/h5-8,10,12H,4,9H2,1-3H3,(H,16,18). The number of nitrogens with zero attached hydrogens (tertiary/aromatic N) is 1. The Kier molecular flexibility index (Phi) is 4.27. The number of carbonyl (C=O) groups is 2.